The van der Waals surface area contributed by atoms with Crippen LogP contribution in [-0.2, 0) is 19.1 Å². The number of hydrogen-bond donors (Lipinski definition) is 2. The second kappa shape index (κ2) is 4.15. The van der Waals surface area contributed by atoms with Gasteiger partial charge < -0.3 is 19.6 Å². The minimum Gasteiger partial charge on any atom is -0.505 e. The Balaban J connectivity index is 2.41. The van der Waals surface area contributed by atoms with Crippen LogP contribution in [0, 0.1) is 13.8 Å². The molecule has 1 aromatic heterocycles. The number of hydrogen-bond acceptors (Lipinski definition) is 5. The zero-order chi connectivity index (χ0) is 14.4. The molecule has 1 saturated heterocycles. The van der Waals surface area contributed by atoms with Gasteiger partial charge in [-0.25, -0.2) is 9.59 Å². The summed E-state index contributed by atoms with van der Waals surface area (Å²) in [5.74, 6) is -2.82. The van der Waals surface area contributed by atoms with Crippen LogP contribution >= 0.6 is 0 Å². The van der Waals surface area contributed by atoms with E-state index in [1.165, 1.54) is 19.9 Å². The van der Waals surface area contributed by atoms with Crippen molar-refractivity contribution in [3.63, 3.8) is 0 Å². The summed E-state index contributed by atoms with van der Waals surface area (Å²) >= 11 is 0. The normalized spacial score (nSPS) is 18.0. The molecule has 102 valence electrons. The maximum absolute atomic E-state index is 11.7. The van der Waals surface area contributed by atoms with Gasteiger partial charge in [-0.1, -0.05) is 0 Å². The fourth-order valence-electron chi connectivity index (χ4n) is 1.76. The molecule has 19 heavy (non-hydrogen) atoms. The lowest BCUT2D eigenvalue weighted by molar-refractivity contribution is -0.222. The van der Waals surface area contributed by atoms with Gasteiger partial charge in [0.2, 0.25) is 0 Å². The van der Waals surface area contributed by atoms with Gasteiger partial charge in [-0.2, -0.15) is 0 Å². The number of carbonyl (C=O) groups is 2. The van der Waals surface area contributed by atoms with Crippen LogP contribution in [0.5, 0.6) is 5.75 Å². The molecule has 0 aliphatic carbocycles. The molecule has 0 spiro atoms. The van der Waals surface area contributed by atoms with Gasteiger partial charge in [0.15, 0.2) is 0 Å². The van der Waals surface area contributed by atoms with E-state index in [2.05, 4.69) is 4.98 Å². The molecular weight excluding hydrogens is 250 g/mol. The Hall–Kier alpha value is -2.24. The van der Waals surface area contributed by atoms with Crippen molar-refractivity contribution >= 4 is 18.0 Å². The fourth-order valence-corrected chi connectivity index (χ4v) is 1.76. The number of esters is 2. The highest BCUT2D eigenvalue weighted by molar-refractivity contribution is 6.18. The molecule has 1 aliphatic rings. The number of aromatic amines is 1. The summed E-state index contributed by atoms with van der Waals surface area (Å²) in [6.45, 7) is 6.45. The molecule has 2 heterocycles. The van der Waals surface area contributed by atoms with Crippen LogP contribution in [0.4, 0.5) is 0 Å². The number of nitrogens with one attached hydrogen (secondary N) is 1. The van der Waals surface area contributed by atoms with E-state index in [9.17, 15) is 14.7 Å². The standard InChI is InChI=1S/C13H15NO5/c1-6-7(2)14-9(10(6)15)5-8-11(16)18-13(3,4)19-12(8)17/h5,14-15H,1-4H3. The minimum absolute atomic E-state index is 0.00423. The van der Waals surface area contributed by atoms with E-state index in [4.69, 9.17) is 9.47 Å². The van der Waals surface area contributed by atoms with Crippen molar-refractivity contribution in [2.75, 3.05) is 0 Å². The molecule has 1 fully saturated rings. The van der Waals surface area contributed by atoms with E-state index in [1.807, 2.05) is 0 Å². The van der Waals surface area contributed by atoms with Crippen LogP contribution in [0.25, 0.3) is 6.08 Å². The lowest BCUT2D eigenvalue weighted by atomic mass is 10.1. The van der Waals surface area contributed by atoms with Crippen LogP contribution in [0.1, 0.15) is 30.8 Å². The zero-order valence-electron chi connectivity index (χ0n) is 11.2. The van der Waals surface area contributed by atoms with E-state index in [0.29, 0.717) is 5.56 Å². The third-order valence-electron chi connectivity index (χ3n) is 2.90. The van der Waals surface area contributed by atoms with E-state index in [-0.39, 0.29) is 17.0 Å². The summed E-state index contributed by atoms with van der Waals surface area (Å²) in [6, 6.07) is 0. The number of rotatable bonds is 1. The highest BCUT2D eigenvalue weighted by Gasteiger charge is 2.39. The van der Waals surface area contributed by atoms with Crippen LogP contribution in [0.3, 0.4) is 0 Å². The smallest absolute Gasteiger partial charge is 0.348 e. The third-order valence-corrected chi connectivity index (χ3v) is 2.90. The highest BCUT2D eigenvalue weighted by Crippen LogP contribution is 2.29. The largest absolute Gasteiger partial charge is 0.505 e. The SMILES string of the molecule is Cc1[nH]c(C=C2C(=O)OC(C)(C)OC2=O)c(O)c1C. The first-order valence-corrected chi connectivity index (χ1v) is 5.78. The molecule has 0 atom stereocenters. The van der Waals surface area contributed by atoms with Gasteiger partial charge in [-0.05, 0) is 19.9 Å². The molecule has 2 N–H and O–H groups in total. The number of carbonyl (C=O) groups excluding carboxylic acids is 2. The van der Waals surface area contributed by atoms with Crippen molar-refractivity contribution < 1.29 is 24.2 Å². The van der Waals surface area contributed by atoms with E-state index < -0.39 is 17.7 Å². The van der Waals surface area contributed by atoms with Crippen LogP contribution in [0.15, 0.2) is 5.57 Å². The van der Waals surface area contributed by atoms with Crippen molar-refractivity contribution in [3.05, 3.63) is 22.5 Å². The number of cyclic esters (lactones) is 2. The van der Waals surface area contributed by atoms with Crippen molar-refractivity contribution in [2.45, 2.75) is 33.5 Å². The number of aryl methyl sites for hydroxylation is 1. The Morgan fingerprint density at radius 3 is 2.11 bits per heavy atom. The average Bonchev–Trinajstić information content (AvgIpc) is 2.50. The summed E-state index contributed by atoms with van der Waals surface area (Å²) < 4.78 is 9.92. The van der Waals surface area contributed by atoms with Gasteiger partial charge in [-0.3, -0.25) is 0 Å². The molecule has 0 amide bonds. The van der Waals surface area contributed by atoms with Gasteiger partial charge in [0, 0.05) is 25.1 Å². The molecule has 0 saturated carbocycles. The molecule has 0 bridgehead atoms. The van der Waals surface area contributed by atoms with Crippen molar-refractivity contribution in [1.82, 2.24) is 4.98 Å². The first-order chi connectivity index (χ1) is 8.71. The summed E-state index contributed by atoms with van der Waals surface area (Å²) in [7, 11) is 0. The number of aromatic hydroxyl groups is 1. The highest BCUT2D eigenvalue weighted by atomic mass is 16.7. The van der Waals surface area contributed by atoms with Crippen LogP contribution < -0.4 is 0 Å². The van der Waals surface area contributed by atoms with Gasteiger partial charge in [0.25, 0.3) is 5.79 Å². The fraction of sp³-hybridized carbons (Fsp3) is 0.385. The zero-order valence-corrected chi connectivity index (χ0v) is 11.2. The molecule has 6 nitrogen and oxygen atoms in total. The van der Waals surface area contributed by atoms with E-state index in [0.717, 1.165) is 5.69 Å². The maximum Gasteiger partial charge on any atom is 0.348 e. The van der Waals surface area contributed by atoms with Crippen molar-refractivity contribution in [1.29, 1.82) is 0 Å². The summed E-state index contributed by atoms with van der Waals surface area (Å²) in [4.78, 5) is 26.4. The Kier molecular flexibility index (Phi) is 2.88. The van der Waals surface area contributed by atoms with Crippen LogP contribution in [0.2, 0.25) is 0 Å². The molecule has 0 unspecified atom stereocenters. The number of ether oxygens (including phenoxy) is 2. The summed E-state index contributed by atoms with van der Waals surface area (Å²) in [5, 5.41) is 9.84. The Morgan fingerprint density at radius 2 is 1.68 bits per heavy atom. The predicted octanol–water partition coefficient (Wildman–Crippen LogP) is 1.56. The Labute approximate surface area is 110 Å². The van der Waals surface area contributed by atoms with E-state index >= 15 is 0 Å². The molecule has 1 aliphatic heterocycles. The Morgan fingerprint density at radius 1 is 1.16 bits per heavy atom. The first-order valence-electron chi connectivity index (χ1n) is 5.78. The Bertz CT molecular complexity index is 572. The van der Waals surface area contributed by atoms with Crippen molar-refractivity contribution in [2.24, 2.45) is 0 Å². The predicted molar refractivity (Wildman–Crippen MR) is 66.2 cm³/mol. The van der Waals surface area contributed by atoms with Gasteiger partial charge >= 0.3 is 11.9 Å². The van der Waals surface area contributed by atoms with E-state index in [1.54, 1.807) is 13.8 Å². The molecule has 0 aromatic carbocycles. The number of H-pyrrole nitrogens is 1. The quantitative estimate of drug-likeness (QED) is 0.457. The molecule has 6 heteroatoms. The monoisotopic (exact) mass is 265 g/mol. The lowest BCUT2D eigenvalue weighted by Crippen LogP contribution is -2.41. The molecule has 2 rings (SSSR count). The molecule has 1 aromatic rings. The average molecular weight is 265 g/mol. The lowest BCUT2D eigenvalue weighted by Gasteiger charge is -2.29. The summed E-state index contributed by atoms with van der Waals surface area (Å²) in [6.07, 6.45) is 1.23. The molecule has 0 radical (unpaired) electrons. The molecular formula is C13H15NO5. The first kappa shape index (κ1) is 13.2. The summed E-state index contributed by atoms with van der Waals surface area (Å²) in [5.41, 5.74) is 1.43. The third kappa shape index (κ3) is 2.33. The second-order valence-corrected chi connectivity index (χ2v) is 4.87. The van der Waals surface area contributed by atoms with Gasteiger partial charge in [0.05, 0.1) is 5.69 Å². The minimum atomic E-state index is -1.27. The maximum atomic E-state index is 11.7. The van der Waals surface area contributed by atoms with Gasteiger partial charge in [0.1, 0.15) is 11.3 Å². The van der Waals surface area contributed by atoms with Gasteiger partial charge in [-0.15, -0.1) is 0 Å². The van der Waals surface area contributed by atoms with Crippen molar-refractivity contribution in [3.8, 4) is 5.75 Å². The number of aromatic nitrogens is 1. The van der Waals surface area contributed by atoms with Crippen LogP contribution in [-0.4, -0.2) is 27.8 Å². The topological polar surface area (TPSA) is 88.6 Å². The second-order valence-electron chi connectivity index (χ2n) is 4.87.